The van der Waals surface area contributed by atoms with Gasteiger partial charge in [0.25, 0.3) is 5.91 Å². The molecule has 6 atom stereocenters. The van der Waals surface area contributed by atoms with Gasteiger partial charge in [-0.25, -0.2) is 29.5 Å². The van der Waals surface area contributed by atoms with Crippen molar-refractivity contribution in [2.75, 3.05) is 26.5 Å². The topological polar surface area (TPSA) is 296 Å². The minimum Gasteiger partial charge on any atom is -0.427 e. The van der Waals surface area contributed by atoms with Gasteiger partial charge in [0.2, 0.25) is 11.4 Å². The van der Waals surface area contributed by atoms with E-state index < -0.39 is 102 Å². The maximum atomic E-state index is 13.7. The maximum Gasteiger partial charge on any atom is 0.432 e. The van der Waals surface area contributed by atoms with E-state index in [4.69, 9.17) is 30.4 Å². The second-order valence-electron chi connectivity index (χ2n) is 9.15. The van der Waals surface area contributed by atoms with E-state index in [0.29, 0.717) is 0 Å². The quantitative estimate of drug-likeness (QED) is 0.0681. The summed E-state index contributed by atoms with van der Waals surface area (Å²) in [4.78, 5) is 41.0. The molecular formula is C16H24N8O12S. The highest BCUT2D eigenvalue weighted by Crippen LogP contribution is 2.57. The molecule has 0 aliphatic carbocycles. The summed E-state index contributed by atoms with van der Waals surface area (Å²) in [6.45, 7) is -2.31. The third kappa shape index (κ3) is 3.29. The standard InChI is InChI=1S/C16H24N8O12S/c17-11-19-8-9-15(20-12(18)22(9)5-34-13(27)21-30)16(28,29)14(4-23(11)15,36-37(31,32)33)1-7-6(2-25)3-35-24(7)10(8)26/h6-9,25,28-30H,1-5H2,(H2,17,19)(H2,18,20)(H,21,27)(H,31,32,33)/t6-,7-,8+,9-,14+,15-/m0/s1. The van der Waals surface area contributed by atoms with Gasteiger partial charge in [-0.3, -0.25) is 24.3 Å². The van der Waals surface area contributed by atoms with Crippen LogP contribution >= 0.6 is 0 Å². The van der Waals surface area contributed by atoms with Gasteiger partial charge in [-0.2, -0.15) is 8.42 Å². The van der Waals surface area contributed by atoms with E-state index in [1.54, 1.807) is 0 Å². The number of nitrogens with zero attached hydrogens (tertiary/aromatic N) is 5. The van der Waals surface area contributed by atoms with Crippen LogP contribution < -0.4 is 16.9 Å². The number of hydroxylamine groups is 3. The number of aliphatic imine (C=N–C) groups is 2. The number of fused-ring (bicyclic) bond motifs is 2. The van der Waals surface area contributed by atoms with E-state index >= 15 is 0 Å². The largest absolute Gasteiger partial charge is 0.432 e. The van der Waals surface area contributed by atoms with Crippen LogP contribution in [0.2, 0.25) is 0 Å². The lowest BCUT2D eigenvalue weighted by atomic mass is 9.78. The zero-order valence-corrected chi connectivity index (χ0v) is 19.6. The molecule has 5 rings (SSSR count). The van der Waals surface area contributed by atoms with Crippen LogP contribution in [0.1, 0.15) is 6.42 Å². The summed E-state index contributed by atoms with van der Waals surface area (Å²) < 4.78 is 43.4. The van der Waals surface area contributed by atoms with Gasteiger partial charge in [0.15, 0.2) is 30.3 Å². The second-order valence-corrected chi connectivity index (χ2v) is 10.2. The predicted molar refractivity (Wildman–Crippen MR) is 113 cm³/mol. The summed E-state index contributed by atoms with van der Waals surface area (Å²) >= 11 is 0. The Labute approximate surface area is 207 Å². The van der Waals surface area contributed by atoms with Gasteiger partial charge < -0.3 is 36.4 Å². The van der Waals surface area contributed by atoms with Crippen molar-refractivity contribution in [2.45, 2.75) is 41.6 Å². The SMILES string of the molecule is NC1=N[C@@]23[C@H]([C@H]4N=C(N)N2C[C@](OS(=O)(=O)O)(C[C@H]2[C@@H](CO)CON2C4=O)C3(O)O)N1COC(=O)NO. The number of ether oxygens (including phenoxy) is 1. The highest BCUT2D eigenvalue weighted by molar-refractivity contribution is 7.80. The summed E-state index contributed by atoms with van der Waals surface area (Å²) in [5.41, 5.74) is 8.18. The van der Waals surface area contributed by atoms with Crippen LogP contribution in [0.3, 0.4) is 0 Å². The van der Waals surface area contributed by atoms with Crippen LogP contribution in [0.25, 0.3) is 0 Å². The molecule has 206 valence electrons. The molecule has 3 bridgehead atoms. The fraction of sp³-hybridized carbons (Fsp3) is 0.750. The number of nitrogens with one attached hydrogen (secondary N) is 1. The van der Waals surface area contributed by atoms with Crippen molar-refractivity contribution in [1.29, 1.82) is 0 Å². The molecule has 0 saturated carbocycles. The lowest BCUT2D eigenvalue weighted by Gasteiger charge is -2.49. The highest BCUT2D eigenvalue weighted by atomic mass is 32.3. The minimum absolute atomic E-state index is 0.216. The van der Waals surface area contributed by atoms with E-state index in [-0.39, 0.29) is 6.61 Å². The lowest BCUT2D eigenvalue weighted by molar-refractivity contribution is -0.288. The first kappa shape index (κ1) is 25.6. The first-order chi connectivity index (χ1) is 17.2. The molecule has 20 nitrogen and oxygen atoms in total. The van der Waals surface area contributed by atoms with Gasteiger partial charge in [-0.1, -0.05) is 0 Å². The lowest BCUT2D eigenvalue weighted by Crippen LogP contribution is -2.75. The van der Waals surface area contributed by atoms with Crippen LogP contribution in [0.5, 0.6) is 0 Å². The smallest absolute Gasteiger partial charge is 0.427 e. The van der Waals surface area contributed by atoms with Gasteiger partial charge in [-0.15, -0.1) is 0 Å². The summed E-state index contributed by atoms with van der Waals surface area (Å²) in [6, 6.07) is -4.46. The number of aliphatic hydroxyl groups excluding tert-OH is 1. The first-order valence-electron chi connectivity index (χ1n) is 10.7. The van der Waals surface area contributed by atoms with Crippen molar-refractivity contribution in [3.8, 4) is 0 Å². The monoisotopic (exact) mass is 552 g/mol. The van der Waals surface area contributed by atoms with Gasteiger partial charge in [0, 0.05) is 12.3 Å². The van der Waals surface area contributed by atoms with Gasteiger partial charge >= 0.3 is 16.5 Å². The van der Waals surface area contributed by atoms with Crippen molar-refractivity contribution >= 4 is 34.3 Å². The average Bonchev–Trinajstić information content (AvgIpc) is 3.40. The first-order valence-corrected chi connectivity index (χ1v) is 12.1. The van der Waals surface area contributed by atoms with Crippen molar-refractivity contribution < 1.29 is 56.8 Å². The van der Waals surface area contributed by atoms with Crippen molar-refractivity contribution in [3.05, 3.63) is 0 Å². The number of nitrogens with two attached hydrogens (primary N) is 2. The number of guanidine groups is 2. The number of hydrogen-bond acceptors (Lipinski definition) is 17. The molecule has 3 fully saturated rings. The van der Waals surface area contributed by atoms with Crippen LogP contribution in [0.15, 0.2) is 9.98 Å². The molecule has 0 aromatic carbocycles. The number of amides is 2. The molecule has 3 saturated heterocycles. The Morgan fingerprint density at radius 1 is 1.30 bits per heavy atom. The Bertz CT molecular complexity index is 1200. The summed E-state index contributed by atoms with van der Waals surface area (Å²) in [5.74, 6) is -6.10. The molecule has 1 spiro atoms. The minimum atomic E-state index is -5.40. The molecule has 5 aliphatic heterocycles. The molecule has 0 radical (unpaired) electrons. The van der Waals surface area contributed by atoms with E-state index in [9.17, 15) is 37.9 Å². The number of rotatable bonds is 5. The molecule has 0 aromatic heterocycles. The zero-order chi connectivity index (χ0) is 27.1. The van der Waals surface area contributed by atoms with Gasteiger partial charge in [0.05, 0.1) is 25.8 Å². The molecule has 21 heteroatoms. The average molecular weight is 552 g/mol. The molecule has 5 heterocycles. The fourth-order valence-corrected chi connectivity index (χ4v) is 6.47. The summed E-state index contributed by atoms with van der Waals surface area (Å²) in [5, 5.41) is 43.0. The van der Waals surface area contributed by atoms with Crippen LogP contribution in [-0.2, 0) is 29.0 Å². The molecule has 10 N–H and O–H groups in total. The van der Waals surface area contributed by atoms with Gasteiger partial charge in [0.1, 0.15) is 6.04 Å². The van der Waals surface area contributed by atoms with Crippen molar-refractivity contribution in [3.63, 3.8) is 0 Å². The van der Waals surface area contributed by atoms with Crippen LogP contribution in [0.4, 0.5) is 4.79 Å². The molecule has 37 heavy (non-hydrogen) atoms. The molecule has 0 aromatic rings. The third-order valence-electron chi connectivity index (χ3n) is 7.36. The Balaban J connectivity index is 1.75. The predicted octanol–water partition coefficient (Wildman–Crippen LogP) is -5.84. The second kappa shape index (κ2) is 7.97. The highest BCUT2D eigenvalue weighted by Gasteiger charge is 2.83. The van der Waals surface area contributed by atoms with E-state index in [2.05, 4.69) is 9.98 Å². The van der Waals surface area contributed by atoms with Crippen LogP contribution in [0, 0.1) is 5.92 Å². The number of aliphatic hydroxyl groups is 3. The summed E-state index contributed by atoms with van der Waals surface area (Å²) in [6.07, 6.45) is -2.03. The Morgan fingerprint density at radius 2 is 2.00 bits per heavy atom. The fourth-order valence-electron chi connectivity index (χ4n) is 5.83. The molecule has 5 aliphatic rings. The summed E-state index contributed by atoms with van der Waals surface area (Å²) in [7, 11) is -5.40. The molecular weight excluding hydrogens is 528 g/mol. The van der Waals surface area contributed by atoms with E-state index in [0.717, 1.165) is 14.9 Å². The normalized spacial score (nSPS) is 37.9. The van der Waals surface area contributed by atoms with Crippen molar-refractivity contribution in [2.24, 2.45) is 27.4 Å². The maximum absolute atomic E-state index is 13.7. The van der Waals surface area contributed by atoms with Gasteiger partial charge in [-0.05, 0) is 0 Å². The van der Waals surface area contributed by atoms with E-state index in [1.807, 2.05) is 0 Å². The zero-order valence-electron chi connectivity index (χ0n) is 18.7. The Hall–Kier alpha value is -3.05. The Morgan fingerprint density at radius 3 is 2.62 bits per heavy atom. The number of carbonyl (C=O) groups is 2. The van der Waals surface area contributed by atoms with Crippen molar-refractivity contribution in [1.82, 2.24) is 20.3 Å². The molecule has 0 unspecified atom stereocenters. The molecule has 2 amide bonds. The Kier molecular flexibility index (Phi) is 5.52. The number of hydrogen-bond donors (Lipinski definition) is 8. The van der Waals surface area contributed by atoms with E-state index in [1.165, 1.54) is 5.48 Å². The van der Waals surface area contributed by atoms with Crippen LogP contribution in [-0.4, -0.2) is 134 Å². The number of carbonyl (C=O) groups excluding carboxylic acids is 2. The third-order valence-corrected chi connectivity index (χ3v) is 7.89.